The van der Waals surface area contributed by atoms with Gasteiger partial charge in [0.05, 0.1) is 19.3 Å². The Hall–Kier alpha value is -2.37. The molecule has 2 bridgehead atoms. The van der Waals surface area contributed by atoms with Gasteiger partial charge in [-0.15, -0.1) is 0 Å². The van der Waals surface area contributed by atoms with Crippen LogP contribution >= 0.6 is 0 Å². The molecule has 3 aliphatic carbocycles. The monoisotopic (exact) mass is 447 g/mol. The molecular weight excluding hydrogens is 414 g/mol. The van der Waals surface area contributed by atoms with Crippen LogP contribution in [0.1, 0.15) is 55.2 Å². The molecule has 1 N–H and O–H groups in total. The highest BCUT2D eigenvalue weighted by Crippen LogP contribution is 2.62. The summed E-state index contributed by atoms with van der Waals surface area (Å²) in [5.74, 6) is 1.77. The molecule has 4 aliphatic rings. The lowest BCUT2D eigenvalue weighted by atomic mass is 9.49. The van der Waals surface area contributed by atoms with E-state index in [1.165, 1.54) is 18.4 Å². The van der Waals surface area contributed by atoms with Crippen LogP contribution in [-0.2, 0) is 28.0 Å². The number of nitrogens with zero attached hydrogens (tertiary/aromatic N) is 1. The van der Waals surface area contributed by atoms with Crippen molar-refractivity contribution in [3.8, 4) is 11.5 Å². The number of carbonyl (C=O) groups excluding carboxylic acids is 1. The Bertz CT molecular complexity index is 1070. The van der Waals surface area contributed by atoms with Gasteiger partial charge in [0.15, 0.2) is 11.5 Å². The maximum Gasteiger partial charge on any atom is 0.164 e. The summed E-state index contributed by atoms with van der Waals surface area (Å²) in [4.78, 5) is 15.7. The average Bonchev–Trinajstić information content (AvgIpc) is 3.65. The summed E-state index contributed by atoms with van der Waals surface area (Å²) in [7, 11) is 1.62. The number of likely N-dealkylation sites (tertiary alicyclic amines) is 1. The Labute approximate surface area is 195 Å². The van der Waals surface area contributed by atoms with Gasteiger partial charge in [0.2, 0.25) is 0 Å². The second-order valence-corrected chi connectivity index (χ2v) is 10.5. The number of ether oxygens (including phenoxy) is 2. The third kappa shape index (κ3) is 3.23. The van der Waals surface area contributed by atoms with Gasteiger partial charge in [-0.2, -0.15) is 0 Å². The van der Waals surface area contributed by atoms with Gasteiger partial charge in [0.1, 0.15) is 5.78 Å². The number of fused-ring (bicyclic) bond motifs is 1. The molecule has 3 atom stereocenters. The Kier molecular flexibility index (Phi) is 5.04. The minimum atomic E-state index is -0.474. The van der Waals surface area contributed by atoms with Crippen molar-refractivity contribution in [3.63, 3.8) is 0 Å². The summed E-state index contributed by atoms with van der Waals surface area (Å²) < 4.78 is 12.9. The molecule has 1 heterocycles. The number of hydrogen-bond donors (Lipinski definition) is 1. The highest BCUT2D eigenvalue weighted by Gasteiger charge is 2.67. The van der Waals surface area contributed by atoms with Crippen LogP contribution in [0, 0.1) is 5.92 Å². The summed E-state index contributed by atoms with van der Waals surface area (Å²) in [5, 5.41) is 10.7. The van der Waals surface area contributed by atoms with Gasteiger partial charge in [-0.05, 0) is 61.8 Å². The normalized spacial score (nSPS) is 31.1. The van der Waals surface area contributed by atoms with Gasteiger partial charge in [-0.3, -0.25) is 9.69 Å². The zero-order chi connectivity index (χ0) is 22.6. The van der Waals surface area contributed by atoms with Crippen LogP contribution in [0.4, 0.5) is 0 Å². The maximum absolute atomic E-state index is 13.0. The van der Waals surface area contributed by atoms with Crippen LogP contribution in [0.3, 0.4) is 0 Å². The quantitative estimate of drug-likeness (QED) is 0.712. The van der Waals surface area contributed by atoms with Crippen molar-refractivity contribution in [2.75, 3.05) is 20.2 Å². The van der Waals surface area contributed by atoms with E-state index in [-0.39, 0.29) is 11.8 Å². The number of phenolic OH excluding ortho intramolecular Hbond substituents is 1. The van der Waals surface area contributed by atoms with Crippen LogP contribution in [0.15, 0.2) is 42.5 Å². The zero-order valence-electron chi connectivity index (χ0n) is 19.4. The second kappa shape index (κ2) is 7.85. The van der Waals surface area contributed by atoms with Crippen molar-refractivity contribution < 1.29 is 19.4 Å². The van der Waals surface area contributed by atoms with Crippen molar-refractivity contribution in [3.05, 3.63) is 59.2 Å². The second-order valence-electron chi connectivity index (χ2n) is 10.5. The average molecular weight is 448 g/mol. The first-order valence-corrected chi connectivity index (χ1v) is 12.4. The number of carbonyl (C=O) groups is 1. The van der Waals surface area contributed by atoms with E-state index < -0.39 is 11.0 Å². The minimum Gasteiger partial charge on any atom is -0.504 e. The zero-order valence-corrected chi connectivity index (χ0v) is 19.4. The lowest BCUT2D eigenvalue weighted by Crippen LogP contribution is -2.74. The topological polar surface area (TPSA) is 59.0 Å². The molecule has 0 unspecified atom stereocenters. The SMILES string of the molecule is COc1c(O)ccc2c1[C@]13CCN(CC4CC4)[C@H](C2)[C@]1(OCc1ccccc1)CCC(=O)C3. The molecule has 0 aromatic heterocycles. The van der Waals surface area contributed by atoms with Crippen LogP contribution in [-0.4, -0.2) is 47.6 Å². The summed E-state index contributed by atoms with van der Waals surface area (Å²) in [6.45, 7) is 2.61. The highest BCUT2D eigenvalue weighted by molar-refractivity contribution is 5.83. The third-order valence-electron chi connectivity index (χ3n) is 8.74. The van der Waals surface area contributed by atoms with Crippen molar-refractivity contribution in [1.29, 1.82) is 0 Å². The third-order valence-corrected chi connectivity index (χ3v) is 8.74. The molecule has 174 valence electrons. The number of ketones is 1. The van der Waals surface area contributed by atoms with Crippen molar-refractivity contribution in [1.82, 2.24) is 4.90 Å². The number of benzene rings is 2. The van der Waals surface area contributed by atoms with Gasteiger partial charge in [0.25, 0.3) is 0 Å². The van der Waals surface area contributed by atoms with Crippen LogP contribution < -0.4 is 4.74 Å². The van der Waals surface area contributed by atoms with Gasteiger partial charge < -0.3 is 14.6 Å². The Balaban J connectivity index is 1.51. The predicted molar refractivity (Wildman–Crippen MR) is 126 cm³/mol. The molecule has 1 saturated heterocycles. The molecule has 2 saturated carbocycles. The number of rotatable bonds is 6. The Morgan fingerprint density at radius 3 is 2.70 bits per heavy atom. The molecular formula is C28H33NO4. The molecule has 3 fully saturated rings. The van der Waals surface area contributed by atoms with E-state index >= 15 is 0 Å². The first-order valence-electron chi connectivity index (χ1n) is 12.4. The minimum absolute atomic E-state index is 0.152. The highest BCUT2D eigenvalue weighted by atomic mass is 16.5. The van der Waals surface area contributed by atoms with E-state index in [1.54, 1.807) is 13.2 Å². The molecule has 0 radical (unpaired) electrons. The molecule has 2 aromatic rings. The van der Waals surface area contributed by atoms with E-state index in [1.807, 2.05) is 24.3 Å². The van der Waals surface area contributed by atoms with E-state index in [0.29, 0.717) is 31.0 Å². The summed E-state index contributed by atoms with van der Waals surface area (Å²) >= 11 is 0. The van der Waals surface area contributed by atoms with Crippen molar-refractivity contribution in [2.45, 2.75) is 68.6 Å². The molecule has 0 amide bonds. The predicted octanol–water partition coefficient (Wildman–Crippen LogP) is 4.39. The first kappa shape index (κ1) is 21.2. The molecule has 0 spiro atoms. The van der Waals surface area contributed by atoms with Crippen molar-refractivity contribution in [2.24, 2.45) is 5.92 Å². The fourth-order valence-electron chi connectivity index (χ4n) is 7.09. The summed E-state index contributed by atoms with van der Waals surface area (Å²) in [6, 6.07) is 14.4. The van der Waals surface area contributed by atoms with E-state index in [0.717, 1.165) is 49.4 Å². The largest absolute Gasteiger partial charge is 0.504 e. The lowest BCUT2D eigenvalue weighted by molar-refractivity contribution is -0.206. The van der Waals surface area contributed by atoms with E-state index in [9.17, 15) is 9.90 Å². The van der Waals surface area contributed by atoms with Crippen LogP contribution in [0.25, 0.3) is 0 Å². The van der Waals surface area contributed by atoms with Gasteiger partial charge in [-0.1, -0.05) is 36.4 Å². The van der Waals surface area contributed by atoms with Gasteiger partial charge >= 0.3 is 0 Å². The number of methoxy groups -OCH3 is 1. The lowest BCUT2D eigenvalue weighted by Gasteiger charge is -2.65. The van der Waals surface area contributed by atoms with Crippen molar-refractivity contribution >= 4 is 5.78 Å². The van der Waals surface area contributed by atoms with E-state index in [4.69, 9.17) is 9.47 Å². The molecule has 1 aliphatic heterocycles. The van der Waals surface area contributed by atoms with E-state index in [2.05, 4.69) is 17.0 Å². The smallest absolute Gasteiger partial charge is 0.164 e. The van der Waals surface area contributed by atoms with Gasteiger partial charge in [-0.25, -0.2) is 0 Å². The summed E-state index contributed by atoms with van der Waals surface area (Å²) in [6.07, 6.45) is 6.10. The molecule has 5 nitrogen and oxygen atoms in total. The molecule has 6 rings (SSSR count). The standard InChI is InChI=1S/C28H33NO4/c1-32-26-23(31)10-9-21-15-24-28(33-18-20-5-3-2-4-6-20)12-11-22(30)16-27(28,25(21)26)13-14-29(24)17-19-7-8-19/h2-6,9-10,19,24,31H,7-8,11-18H2,1H3/t24-,27-,28-/m1/s1. The number of hydrogen-bond acceptors (Lipinski definition) is 5. The maximum atomic E-state index is 13.0. The number of Topliss-reactive ketones (excluding diaryl/α,β-unsaturated/α-hetero) is 1. The Morgan fingerprint density at radius 2 is 1.94 bits per heavy atom. The van der Waals surface area contributed by atoms with Crippen LogP contribution in [0.2, 0.25) is 0 Å². The number of piperidine rings is 1. The number of phenols is 1. The fourth-order valence-corrected chi connectivity index (χ4v) is 7.09. The fraction of sp³-hybridized carbons (Fsp3) is 0.536. The Morgan fingerprint density at radius 1 is 1.12 bits per heavy atom. The molecule has 33 heavy (non-hydrogen) atoms. The van der Waals surface area contributed by atoms with Crippen LogP contribution in [0.5, 0.6) is 11.5 Å². The number of aromatic hydroxyl groups is 1. The molecule has 5 heteroatoms. The first-order chi connectivity index (χ1) is 16.1. The van der Waals surface area contributed by atoms with Gasteiger partial charge in [0, 0.05) is 36.4 Å². The summed E-state index contributed by atoms with van der Waals surface area (Å²) in [5.41, 5.74) is 2.42. The molecule has 2 aromatic carbocycles.